The monoisotopic (exact) mass is 330 g/mol. The van der Waals surface area contributed by atoms with Crippen LogP contribution in [0.25, 0.3) is 0 Å². The van der Waals surface area contributed by atoms with Crippen molar-refractivity contribution in [3.8, 4) is 0 Å². The Morgan fingerprint density at radius 1 is 1.33 bits per heavy atom. The van der Waals surface area contributed by atoms with Crippen molar-refractivity contribution in [3.05, 3.63) is 29.0 Å². The summed E-state index contributed by atoms with van der Waals surface area (Å²) in [5.74, 6) is -0.822. The first-order valence-electron chi connectivity index (χ1n) is 6.73. The van der Waals surface area contributed by atoms with E-state index in [9.17, 15) is 14.0 Å². The number of thioether (sulfide) groups is 1. The van der Waals surface area contributed by atoms with E-state index >= 15 is 0 Å². The molecule has 2 rings (SSSR count). The van der Waals surface area contributed by atoms with E-state index in [0.717, 1.165) is 25.7 Å². The molecule has 0 aliphatic heterocycles. The molecule has 0 heterocycles. The van der Waals surface area contributed by atoms with Crippen LogP contribution in [-0.2, 0) is 4.79 Å². The quantitative estimate of drug-likeness (QED) is 0.832. The van der Waals surface area contributed by atoms with Crippen LogP contribution in [-0.4, -0.2) is 23.7 Å². The predicted molar refractivity (Wildman–Crippen MR) is 81.1 cm³/mol. The summed E-state index contributed by atoms with van der Waals surface area (Å²) >= 11 is 6.85. The number of carbonyl (C=O) groups is 2. The van der Waals surface area contributed by atoms with E-state index in [2.05, 4.69) is 10.6 Å². The van der Waals surface area contributed by atoms with Gasteiger partial charge in [0.1, 0.15) is 5.82 Å². The topological polar surface area (TPSA) is 58.2 Å². The lowest BCUT2D eigenvalue weighted by Gasteiger charge is -2.12. The summed E-state index contributed by atoms with van der Waals surface area (Å²) in [6.07, 6.45) is 4.15. The molecule has 0 atom stereocenters. The van der Waals surface area contributed by atoms with Crippen LogP contribution in [0.4, 0.5) is 9.18 Å². The van der Waals surface area contributed by atoms with Gasteiger partial charge in [-0.25, -0.2) is 9.18 Å². The van der Waals surface area contributed by atoms with E-state index in [1.54, 1.807) is 0 Å². The summed E-state index contributed by atoms with van der Waals surface area (Å²) in [6, 6.07) is 3.95. The lowest BCUT2D eigenvalue weighted by Crippen LogP contribution is -2.44. The van der Waals surface area contributed by atoms with E-state index in [1.165, 1.54) is 30.0 Å². The zero-order valence-corrected chi connectivity index (χ0v) is 12.9. The molecule has 1 aromatic carbocycles. The average molecular weight is 331 g/mol. The van der Waals surface area contributed by atoms with Gasteiger partial charge < -0.3 is 5.32 Å². The van der Waals surface area contributed by atoms with Gasteiger partial charge in [0.15, 0.2) is 0 Å². The molecule has 0 aromatic heterocycles. The molecule has 3 amide bonds. The summed E-state index contributed by atoms with van der Waals surface area (Å²) in [5.41, 5.74) is 0. The summed E-state index contributed by atoms with van der Waals surface area (Å²) in [5, 5.41) is 5.07. The maximum absolute atomic E-state index is 13.0. The second-order valence-corrected chi connectivity index (χ2v) is 6.32. The zero-order valence-electron chi connectivity index (χ0n) is 11.3. The van der Waals surface area contributed by atoms with Gasteiger partial charge in [-0.2, -0.15) is 0 Å². The van der Waals surface area contributed by atoms with Crippen molar-refractivity contribution >= 4 is 35.3 Å². The number of amides is 3. The minimum Gasteiger partial charge on any atom is -0.335 e. The highest BCUT2D eigenvalue weighted by atomic mass is 35.5. The molecule has 2 N–H and O–H groups in total. The van der Waals surface area contributed by atoms with Crippen molar-refractivity contribution in [2.75, 3.05) is 5.75 Å². The van der Waals surface area contributed by atoms with Crippen molar-refractivity contribution in [1.82, 2.24) is 10.6 Å². The van der Waals surface area contributed by atoms with Crippen LogP contribution < -0.4 is 10.6 Å². The molecule has 1 fully saturated rings. The summed E-state index contributed by atoms with van der Waals surface area (Å²) < 4.78 is 13.0. The molecule has 0 radical (unpaired) electrons. The maximum atomic E-state index is 13.0. The third-order valence-corrected chi connectivity index (χ3v) is 4.49. The lowest BCUT2D eigenvalue weighted by molar-refractivity contribution is -0.117. The van der Waals surface area contributed by atoms with Gasteiger partial charge in [-0.1, -0.05) is 24.4 Å². The highest BCUT2D eigenvalue weighted by molar-refractivity contribution is 8.00. The van der Waals surface area contributed by atoms with Crippen LogP contribution in [0.1, 0.15) is 25.7 Å². The Morgan fingerprint density at radius 2 is 2.05 bits per heavy atom. The van der Waals surface area contributed by atoms with Gasteiger partial charge in [0.05, 0.1) is 10.8 Å². The van der Waals surface area contributed by atoms with Crippen LogP contribution in [0.3, 0.4) is 0 Å². The molecule has 0 unspecified atom stereocenters. The Labute approximate surface area is 131 Å². The zero-order chi connectivity index (χ0) is 15.2. The fourth-order valence-electron chi connectivity index (χ4n) is 2.17. The van der Waals surface area contributed by atoms with Gasteiger partial charge in [0.2, 0.25) is 5.91 Å². The van der Waals surface area contributed by atoms with Gasteiger partial charge in [0, 0.05) is 10.9 Å². The first-order chi connectivity index (χ1) is 10.0. The van der Waals surface area contributed by atoms with Gasteiger partial charge in [0.25, 0.3) is 0 Å². The second-order valence-electron chi connectivity index (χ2n) is 4.87. The van der Waals surface area contributed by atoms with Crippen LogP contribution in [0.5, 0.6) is 0 Å². The largest absolute Gasteiger partial charge is 0.335 e. The Balaban J connectivity index is 1.73. The molecular weight excluding hydrogens is 315 g/mol. The standard InChI is InChI=1S/C14H16ClFN2O2S/c15-11-7-10(5-6-12(11)16)21-8-13(19)18-14(20)17-9-3-1-2-4-9/h5-7,9H,1-4,8H2,(H2,17,18,19,20). The fraction of sp³-hybridized carbons (Fsp3) is 0.429. The molecule has 114 valence electrons. The Kier molecular flexibility index (Phi) is 5.87. The normalized spacial score (nSPS) is 15.0. The van der Waals surface area contributed by atoms with Crippen molar-refractivity contribution in [2.45, 2.75) is 36.6 Å². The van der Waals surface area contributed by atoms with E-state index < -0.39 is 17.8 Å². The summed E-state index contributed by atoms with van der Waals surface area (Å²) in [7, 11) is 0. The SMILES string of the molecule is O=C(CSc1ccc(F)c(Cl)c1)NC(=O)NC1CCCC1. The average Bonchev–Trinajstić information content (AvgIpc) is 2.92. The molecule has 21 heavy (non-hydrogen) atoms. The molecule has 0 spiro atoms. The second kappa shape index (κ2) is 7.66. The number of rotatable bonds is 4. The Hall–Kier alpha value is -1.27. The van der Waals surface area contributed by atoms with Crippen LogP contribution in [0.15, 0.2) is 23.1 Å². The number of urea groups is 1. The van der Waals surface area contributed by atoms with E-state index in [0.29, 0.717) is 4.90 Å². The van der Waals surface area contributed by atoms with Crippen LogP contribution in [0, 0.1) is 5.82 Å². The maximum Gasteiger partial charge on any atom is 0.321 e. The number of hydrogen-bond acceptors (Lipinski definition) is 3. The molecule has 0 bridgehead atoms. The van der Waals surface area contributed by atoms with E-state index in [-0.39, 0.29) is 16.8 Å². The van der Waals surface area contributed by atoms with Crippen molar-refractivity contribution in [3.63, 3.8) is 0 Å². The number of halogens is 2. The number of carbonyl (C=O) groups excluding carboxylic acids is 2. The van der Waals surface area contributed by atoms with Gasteiger partial charge in [-0.3, -0.25) is 10.1 Å². The van der Waals surface area contributed by atoms with Crippen molar-refractivity contribution in [2.24, 2.45) is 0 Å². The van der Waals surface area contributed by atoms with Gasteiger partial charge in [-0.15, -0.1) is 11.8 Å². The molecule has 1 aliphatic carbocycles. The van der Waals surface area contributed by atoms with Crippen LogP contribution >= 0.6 is 23.4 Å². The number of benzene rings is 1. The highest BCUT2D eigenvalue weighted by Crippen LogP contribution is 2.23. The molecule has 4 nitrogen and oxygen atoms in total. The smallest absolute Gasteiger partial charge is 0.321 e. The Morgan fingerprint density at radius 3 is 2.71 bits per heavy atom. The third kappa shape index (κ3) is 5.21. The summed E-state index contributed by atoms with van der Waals surface area (Å²) in [6.45, 7) is 0. The number of hydrogen-bond donors (Lipinski definition) is 2. The van der Waals surface area contributed by atoms with E-state index in [1.807, 2.05) is 0 Å². The fourth-order valence-corrected chi connectivity index (χ4v) is 3.15. The molecule has 1 saturated carbocycles. The minimum absolute atomic E-state index is 0.0133. The molecular formula is C14H16ClFN2O2S. The minimum atomic E-state index is -0.499. The van der Waals surface area contributed by atoms with Gasteiger partial charge in [-0.05, 0) is 31.0 Å². The Bertz CT molecular complexity index is 536. The molecule has 1 aromatic rings. The van der Waals surface area contributed by atoms with Gasteiger partial charge >= 0.3 is 6.03 Å². The predicted octanol–water partition coefficient (Wildman–Crippen LogP) is 3.34. The molecule has 7 heteroatoms. The number of nitrogens with one attached hydrogen (secondary N) is 2. The third-order valence-electron chi connectivity index (χ3n) is 3.20. The first kappa shape index (κ1) is 16.1. The molecule has 1 aliphatic rings. The van der Waals surface area contributed by atoms with Crippen molar-refractivity contribution < 1.29 is 14.0 Å². The number of imide groups is 1. The lowest BCUT2D eigenvalue weighted by atomic mass is 10.2. The summed E-state index contributed by atoms with van der Waals surface area (Å²) in [4.78, 5) is 23.9. The molecule has 0 saturated heterocycles. The van der Waals surface area contributed by atoms with Crippen LogP contribution in [0.2, 0.25) is 5.02 Å². The highest BCUT2D eigenvalue weighted by Gasteiger charge is 2.18. The van der Waals surface area contributed by atoms with Crippen molar-refractivity contribution in [1.29, 1.82) is 0 Å². The first-order valence-corrected chi connectivity index (χ1v) is 8.09. The van der Waals surface area contributed by atoms with E-state index in [4.69, 9.17) is 11.6 Å².